The number of rotatable bonds is 2. The van der Waals surface area contributed by atoms with Crippen LogP contribution in [0, 0.1) is 0 Å². The average molecular weight is 206 g/mol. The molecule has 0 spiro atoms. The van der Waals surface area contributed by atoms with Gasteiger partial charge in [-0.2, -0.15) is 0 Å². The van der Waals surface area contributed by atoms with Gasteiger partial charge in [0, 0.05) is 0 Å². The Kier molecular flexibility index (Phi) is 4.14. The predicted octanol–water partition coefficient (Wildman–Crippen LogP) is 0.198. The smallest absolute Gasteiger partial charge is 0.408 e. The highest BCUT2D eigenvalue weighted by Crippen LogP contribution is 2.07. The van der Waals surface area contributed by atoms with E-state index in [9.17, 15) is 9.59 Å². The minimum absolute atomic E-state index is 0.577. The van der Waals surface area contributed by atoms with Crippen molar-refractivity contribution in [2.45, 2.75) is 32.2 Å². The third kappa shape index (κ3) is 6.34. The van der Waals surface area contributed by atoms with Gasteiger partial charge in [0.2, 0.25) is 5.91 Å². The van der Waals surface area contributed by atoms with Crippen molar-refractivity contribution in [1.82, 2.24) is 5.32 Å². The van der Waals surface area contributed by atoms with E-state index in [0.717, 1.165) is 0 Å². The van der Waals surface area contributed by atoms with Gasteiger partial charge >= 0.3 is 6.09 Å². The molecular formula is C7H15N2O3P. The number of ether oxygens (including phenoxy) is 1. The molecule has 0 aliphatic heterocycles. The van der Waals surface area contributed by atoms with Crippen LogP contribution in [0.15, 0.2) is 0 Å². The molecule has 0 aliphatic rings. The number of hydrogen-bond donors (Lipinski definition) is 2. The normalized spacial score (nSPS) is 13.2. The lowest BCUT2D eigenvalue weighted by Crippen LogP contribution is -2.42. The molecule has 1 unspecified atom stereocenters. The highest BCUT2D eigenvalue weighted by atomic mass is 31.0. The van der Waals surface area contributed by atoms with E-state index < -0.39 is 23.4 Å². The molecule has 0 saturated heterocycles. The molecule has 0 aromatic carbocycles. The van der Waals surface area contributed by atoms with E-state index >= 15 is 0 Å². The molecule has 76 valence electrons. The van der Waals surface area contributed by atoms with Gasteiger partial charge in [-0.05, 0) is 20.8 Å². The van der Waals surface area contributed by atoms with E-state index in [1.165, 1.54) is 0 Å². The molecule has 5 nitrogen and oxygen atoms in total. The number of carbonyl (C=O) groups is 2. The van der Waals surface area contributed by atoms with E-state index in [1.54, 1.807) is 20.8 Å². The van der Waals surface area contributed by atoms with Gasteiger partial charge in [0.25, 0.3) is 0 Å². The number of nitrogens with two attached hydrogens (primary N) is 1. The molecule has 0 heterocycles. The molecule has 0 radical (unpaired) electrons. The Morgan fingerprint density at radius 1 is 1.46 bits per heavy atom. The van der Waals surface area contributed by atoms with Gasteiger partial charge in [0.15, 0.2) is 0 Å². The first-order valence-corrected chi connectivity index (χ1v) is 4.43. The summed E-state index contributed by atoms with van der Waals surface area (Å²) in [6.45, 7) is 5.19. The Morgan fingerprint density at radius 2 is 1.92 bits per heavy atom. The second kappa shape index (κ2) is 4.42. The van der Waals surface area contributed by atoms with Crippen molar-refractivity contribution < 1.29 is 14.3 Å². The van der Waals surface area contributed by atoms with E-state index in [1.807, 2.05) is 0 Å². The molecule has 13 heavy (non-hydrogen) atoms. The van der Waals surface area contributed by atoms with E-state index in [-0.39, 0.29) is 0 Å². The monoisotopic (exact) mass is 206 g/mol. The number of amides is 2. The fourth-order valence-corrected chi connectivity index (χ4v) is 0.642. The summed E-state index contributed by atoms with van der Waals surface area (Å²) in [7, 11) is 2.10. The first kappa shape index (κ1) is 12.2. The Labute approximate surface area is 79.6 Å². The van der Waals surface area contributed by atoms with Crippen LogP contribution in [-0.2, 0) is 9.53 Å². The summed E-state index contributed by atoms with van der Waals surface area (Å²) in [5, 5.41) is 2.26. The molecule has 0 saturated carbocycles. The second-order valence-corrected chi connectivity index (χ2v) is 4.19. The second-order valence-electron chi connectivity index (χ2n) is 3.53. The standard InChI is InChI=1S/C7H15N2O3P/c1-7(2,3)12-6(11)9-5(13)4(8)10/h5H,13H2,1-3H3,(H2,8,10)(H,9,11)/t5-/m0/s1. The number of primary amides is 1. The van der Waals surface area contributed by atoms with Crippen molar-refractivity contribution in [3.05, 3.63) is 0 Å². The van der Waals surface area contributed by atoms with Crippen molar-refractivity contribution in [2.75, 3.05) is 0 Å². The summed E-state index contributed by atoms with van der Waals surface area (Å²) < 4.78 is 4.89. The van der Waals surface area contributed by atoms with Gasteiger partial charge in [0.1, 0.15) is 11.4 Å². The van der Waals surface area contributed by atoms with Crippen LogP contribution in [0.5, 0.6) is 0 Å². The van der Waals surface area contributed by atoms with E-state index in [4.69, 9.17) is 10.5 Å². The van der Waals surface area contributed by atoms with Gasteiger partial charge in [-0.1, -0.05) is 0 Å². The van der Waals surface area contributed by atoms with E-state index in [2.05, 4.69) is 14.6 Å². The zero-order chi connectivity index (χ0) is 10.6. The molecule has 0 aliphatic carbocycles. The number of hydrogen-bond acceptors (Lipinski definition) is 3. The van der Waals surface area contributed by atoms with Crippen LogP contribution in [0.1, 0.15) is 20.8 Å². The van der Waals surface area contributed by atoms with Gasteiger partial charge in [-0.25, -0.2) is 4.79 Å². The summed E-state index contributed by atoms with van der Waals surface area (Å²) in [6.07, 6.45) is -0.661. The lowest BCUT2D eigenvalue weighted by Gasteiger charge is -2.20. The zero-order valence-electron chi connectivity index (χ0n) is 7.96. The molecule has 2 atom stereocenters. The molecule has 2 amide bonds. The summed E-state index contributed by atoms with van der Waals surface area (Å²) >= 11 is 0. The van der Waals surface area contributed by atoms with Gasteiger partial charge in [-0.3, -0.25) is 4.79 Å². The summed E-state index contributed by atoms with van der Waals surface area (Å²) in [5.41, 5.74) is 4.34. The van der Waals surface area contributed by atoms with Crippen LogP contribution in [-0.4, -0.2) is 23.4 Å². The SMILES string of the molecule is CC(C)(C)OC(=O)N[C@@H](P)C(N)=O. The van der Waals surface area contributed by atoms with E-state index in [0.29, 0.717) is 0 Å². The minimum atomic E-state index is -0.796. The molecular weight excluding hydrogens is 191 g/mol. The first-order chi connectivity index (χ1) is 5.72. The summed E-state index contributed by atoms with van der Waals surface area (Å²) in [4.78, 5) is 21.6. The Balaban J connectivity index is 3.96. The van der Waals surface area contributed by atoms with Gasteiger partial charge in [0.05, 0.1) is 0 Å². The molecule has 6 heteroatoms. The minimum Gasteiger partial charge on any atom is -0.444 e. The molecule has 0 bridgehead atoms. The van der Waals surface area contributed by atoms with Crippen molar-refractivity contribution in [1.29, 1.82) is 0 Å². The molecule has 0 aromatic rings. The van der Waals surface area contributed by atoms with Crippen molar-refractivity contribution >= 4 is 21.2 Å². The Bertz CT molecular complexity index is 212. The molecule has 0 rings (SSSR count). The fraction of sp³-hybridized carbons (Fsp3) is 0.714. The van der Waals surface area contributed by atoms with Crippen molar-refractivity contribution in [3.63, 3.8) is 0 Å². The maximum Gasteiger partial charge on any atom is 0.408 e. The van der Waals surface area contributed by atoms with Crippen LogP contribution < -0.4 is 11.1 Å². The predicted molar refractivity (Wildman–Crippen MR) is 52.1 cm³/mol. The van der Waals surface area contributed by atoms with Crippen molar-refractivity contribution in [2.24, 2.45) is 5.73 Å². The fourth-order valence-electron chi connectivity index (χ4n) is 0.506. The lowest BCUT2D eigenvalue weighted by atomic mass is 10.2. The van der Waals surface area contributed by atoms with Crippen LogP contribution in [0.25, 0.3) is 0 Å². The van der Waals surface area contributed by atoms with Crippen LogP contribution >= 0.6 is 9.24 Å². The molecule has 3 N–H and O–H groups in total. The largest absolute Gasteiger partial charge is 0.444 e. The average Bonchev–Trinajstić information content (AvgIpc) is 1.81. The van der Waals surface area contributed by atoms with Crippen LogP contribution in [0.4, 0.5) is 4.79 Å². The number of nitrogens with one attached hydrogen (secondary N) is 1. The quantitative estimate of drug-likeness (QED) is 0.633. The maximum absolute atomic E-state index is 11.0. The topological polar surface area (TPSA) is 81.4 Å². The highest BCUT2D eigenvalue weighted by molar-refractivity contribution is 7.19. The third-order valence-corrected chi connectivity index (χ3v) is 1.47. The summed E-state index contributed by atoms with van der Waals surface area (Å²) in [6, 6.07) is 0. The van der Waals surface area contributed by atoms with Crippen LogP contribution in [0.2, 0.25) is 0 Å². The molecule has 0 fully saturated rings. The van der Waals surface area contributed by atoms with Crippen LogP contribution in [0.3, 0.4) is 0 Å². The zero-order valence-corrected chi connectivity index (χ0v) is 9.11. The Hall–Kier alpha value is -0.830. The van der Waals surface area contributed by atoms with Crippen molar-refractivity contribution in [3.8, 4) is 0 Å². The number of alkyl carbamates (subject to hydrolysis) is 1. The molecule has 0 aromatic heterocycles. The highest BCUT2D eigenvalue weighted by Gasteiger charge is 2.19. The number of carbonyl (C=O) groups excluding carboxylic acids is 2. The third-order valence-electron chi connectivity index (χ3n) is 0.979. The summed E-state index contributed by atoms with van der Waals surface area (Å²) in [5.74, 6) is -1.43. The maximum atomic E-state index is 11.0. The van der Waals surface area contributed by atoms with Gasteiger partial charge < -0.3 is 15.8 Å². The Morgan fingerprint density at radius 3 is 2.23 bits per heavy atom. The van der Waals surface area contributed by atoms with Gasteiger partial charge in [-0.15, -0.1) is 9.24 Å². The lowest BCUT2D eigenvalue weighted by molar-refractivity contribution is -0.118. The first-order valence-electron chi connectivity index (χ1n) is 3.77.